The van der Waals surface area contributed by atoms with E-state index in [1.54, 1.807) is 24.1 Å². The zero-order valence-corrected chi connectivity index (χ0v) is 19.4. The molecule has 2 aliphatic heterocycles. The maximum atomic E-state index is 12.5. The SMILES string of the molecule is COc1ccc(CO/N=C(\C)c2ccc(OCC(=O)N3CCC4(CC3)CNC(=O)O4)cc2)cc1. The van der Waals surface area contributed by atoms with E-state index >= 15 is 0 Å². The van der Waals surface area contributed by atoms with Gasteiger partial charge in [0.1, 0.15) is 23.7 Å². The molecule has 2 aromatic carbocycles. The summed E-state index contributed by atoms with van der Waals surface area (Å²) in [6.45, 7) is 3.79. The van der Waals surface area contributed by atoms with E-state index in [0.29, 0.717) is 44.8 Å². The highest BCUT2D eigenvalue weighted by Crippen LogP contribution is 2.29. The van der Waals surface area contributed by atoms with Gasteiger partial charge in [-0.3, -0.25) is 4.79 Å². The lowest BCUT2D eigenvalue weighted by atomic mass is 9.91. The van der Waals surface area contributed by atoms with Crippen molar-refractivity contribution in [1.82, 2.24) is 10.2 Å². The maximum Gasteiger partial charge on any atom is 0.407 e. The molecule has 180 valence electrons. The van der Waals surface area contributed by atoms with Gasteiger partial charge in [0.2, 0.25) is 0 Å². The molecule has 2 aromatic rings. The fraction of sp³-hybridized carbons (Fsp3) is 0.400. The minimum atomic E-state index is -0.470. The van der Waals surface area contributed by atoms with Gasteiger partial charge in [0.05, 0.1) is 19.4 Å². The molecule has 1 N–H and O–H groups in total. The van der Waals surface area contributed by atoms with Gasteiger partial charge in [-0.25, -0.2) is 4.79 Å². The first-order valence-corrected chi connectivity index (χ1v) is 11.2. The molecule has 1 spiro atoms. The van der Waals surface area contributed by atoms with Crippen molar-refractivity contribution in [2.24, 2.45) is 5.16 Å². The van der Waals surface area contributed by atoms with E-state index < -0.39 is 5.60 Å². The molecular weight excluding hydrogens is 438 g/mol. The molecule has 0 bridgehead atoms. The van der Waals surface area contributed by atoms with Crippen molar-refractivity contribution < 1.29 is 28.6 Å². The average molecular weight is 468 g/mol. The minimum absolute atomic E-state index is 0.0393. The fourth-order valence-corrected chi connectivity index (χ4v) is 3.95. The Morgan fingerprint density at radius 1 is 1.09 bits per heavy atom. The predicted molar refractivity (Wildman–Crippen MR) is 125 cm³/mol. The van der Waals surface area contributed by atoms with Crippen LogP contribution in [0, 0.1) is 0 Å². The number of alkyl carbamates (subject to hydrolysis) is 1. The Bertz CT molecular complexity index is 1030. The third-order valence-electron chi connectivity index (χ3n) is 6.12. The number of nitrogens with one attached hydrogen (secondary N) is 1. The molecule has 9 nitrogen and oxygen atoms in total. The van der Waals surface area contributed by atoms with Gasteiger partial charge in [0, 0.05) is 25.9 Å². The van der Waals surface area contributed by atoms with Crippen molar-refractivity contribution in [3.05, 3.63) is 59.7 Å². The Morgan fingerprint density at radius 3 is 2.38 bits per heavy atom. The van der Waals surface area contributed by atoms with Crippen molar-refractivity contribution in [2.75, 3.05) is 33.4 Å². The number of likely N-dealkylation sites (tertiary alicyclic amines) is 1. The summed E-state index contributed by atoms with van der Waals surface area (Å²) < 4.78 is 16.2. The van der Waals surface area contributed by atoms with Crippen molar-refractivity contribution in [1.29, 1.82) is 0 Å². The number of rotatable bonds is 8. The molecule has 9 heteroatoms. The lowest BCUT2D eigenvalue weighted by Crippen LogP contribution is -2.49. The Kier molecular flexibility index (Phi) is 7.20. The number of ether oxygens (including phenoxy) is 3. The van der Waals surface area contributed by atoms with Crippen LogP contribution in [-0.4, -0.2) is 61.6 Å². The molecule has 0 saturated carbocycles. The maximum absolute atomic E-state index is 12.5. The highest BCUT2D eigenvalue weighted by molar-refractivity contribution is 5.98. The molecule has 0 aliphatic carbocycles. The van der Waals surface area contributed by atoms with E-state index in [4.69, 9.17) is 19.0 Å². The zero-order chi connectivity index (χ0) is 24.0. The van der Waals surface area contributed by atoms with Crippen LogP contribution in [0.4, 0.5) is 4.79 Å². The van der Waals surface area contributed by atoms with Crippen molar-refractivity contribution in [2.45, 2.75) is 32.0 Å². The number of amides is 2. The molecule has 2 fully saturated rings. The number of oxime groups is 1. The summed E-state index contributed by atoms with van der Waals surface area (Å²) >= 11 is 0. The summed E-state index contributed by atoms with van der Waals surface area (Å²) in [5.74, 6) is 1.32. The van der Waals surface area contributed by atoms with Gasteiger partial charge in [0.25, 0.3) is 5.91 Å². The number of nitrogens with zero attached hydrogens (tertiary/aromatic N) is 2. The monoisotopic (exact) mass is 467 g/mol. The fourth-order valence-electron chi connectivity index (χ4n) is 3.95. The second-order valence-corrected chi connectivity index (χ2v) is 8.42. The number of benzene rings is 2. The van der Waals surface area contributed by atoms with Crippen LogP contribution in [0.25, 0.3) is 0 Å². The molecule has 0 unspecified atom stereocenters. The van der Waals surface area contributed by atoms with Crippen molar-refractivity contribution in [3.8, 4) is 11.5 Å². The van der Waals surface area contributed by atoms with Gasteiger partial charge >= 0.3 is 6.09 Å². The molecule has 2 aliphatic rings. The molecule has 2 amide bonds. The molecule has 34 heavy (non-hydrogen) atoms. The summed E-state index contributed by atoms with van der Waals surface area (Å²) in [6, 6.07) is 15.0. The highest BCUT2D eigenvalue weighted by Gasteiger charge is 2.43. The number of hydrogen-bond donors (Lipinski definition) is 1. The number of carbonyl (C=O) groups excluding carboxylic acids is 2. The smallest absolute Gasteiger partial charge is 0.407 e. The summed E-state index contributed by atoms with van der Waals surface area (Å²) in [5, 5.41) is 6.88. The van der Waals surface area contributed by atoms with E-state index in [2.05, 4.69) is 10.5 Å². The molecule has 2 heterocycles. The third-order valence-corrected chi connectivity index (χ3v) is 6.12. The average Bonchev–Trinajstić information content (AvgIpc) is 3.23. The van der Waals surface area contributed by atoms with Gasteiger partial charge in [-0.1, -0.05) is 17.3 Å². The molecule has 0 radical (unpaired) electrons. The van der Waals surface area contributed by atoms with Crippen LogP contribution in [0.3, 0.4) is 0 Å². The van der Waals surface area contributed by atoms with Gasteiger partial charge in [-0.2, -0.15) is 0 Å². The predicted octanol–water partition coefficient (Wildman–Crippen LogP) is 3.12. The number of methoxy groups -OCH3 is 1. The molecule has 2 saturated heterocycles. The van der Waals surface area contributed by atoms with E-state index in [1.165, 1.54) is 0 Å². The Morgan fingerprint density at radius 2 is 1.76 bits per heavy atom. The first kappa shape index (κ1) is 23.4. The lowest BCUT2D eigenvalue weighted by Gasteiger charge is -2.37. The number of piperidine rings is 1. The van der Waals surface area contributed by atoms with Crippen molar-refractivity contribution >= 4 is 17.7 Å². The summed E-state index contributed by atoms with van der Waals surface area (Å²) in [6.07, 6.45) is 0.882. The van der Waals surface area contributed by atoms with Crippen LogP contribution in [0.5, 0.6) is 11.5 Å². The van der Waals surface area contributed by atoms with Crippen LogP contribution in [0.15, 0.2) is 53.7 Å². The van der Waals surface area contributed by atoms with Gasteiger partial charge in [0.15, 0.2) is 6.61 Å². The molecule has 4 rings (SSSR count). The minimum Gasteiger partial charge on any atom is -0.497 e. The summed E-state index contributed by atoms with van der Waals surface area (Å²) in [4.78, 5) is 31.1. The second-order valence-electron chi connectivity index (χ2n) is 8.42. The Balaban J connectivity index is 1.21. The molecular formula is C25H29N3O6. The van der Waals surface area contributed by atoms with E-state index in [0.717, 1.165) is 22.6 Å². The molecule has 0 aromatic heterocycles. The zero-order valence-electron chi connectivity index (χ0n) is 19.4. The number of hydrogen-bond acceptors (Lipinski definition) is 7. The van der Waals surface area contributed by atoms with Crippen molar-refractivity contribution in [3.63, 3.8) is 0 Å². The topological polar surface area (TPSA) is 98.7 Å². The van der Waals surface area contributed by atoms with Gasteiger partial charge < -0.3 is 29.3 Å². The van der Waals surface area contributed by atoms with E-state index in [9.17, 15) is 9.59 Å². The van der Waals surface area contributed by atoms with Crippen LogP contribution < -0.4 is 14.8 Å². The van der Waals surface area contributed by atoms with Crippen LogP contribution >= 0.6 is 0 Å². The first-order valence-electron chi connectivity index (χ1n) is 11.2. The Labute approximate surface area is 198 Å². The quantitative estimate of drug-likeness (QED) is 0.473. The van der Waals surface area contributed by atoms with Gasteiger partial charge in [-0.05, 0) is 54.4 Å². The first-order chi connectivity index (χ1) is 16.5. The standard InChI is InChI=1S/C25H29N3O6/c1-18(27-33-15-19-3-7-21(31-2)8-4-19)20-5-9-22(10-6-20)32-16-23(29)28-13-11-25(12-14-28)17-26-24(30)34-25/h3-10H,11-17H2,1-2H3,(H,26,30)/b27-18+. The third kappa shape index (κ3) is 5.78. The molecule has 0 atom stereocenters. The lowest BCUT2D eigenvalue weighted by molar-refractivity contribution is -0.136. The van der Waals surface area contributed by atoms with Crippen LogP contribution in [-0.2, 0) is 21.0 Å². The van der Waals surface area contributed by atoms with Crippen LogP contribution in [0.2, 0.25) is 0 Å². The van der Waals surface area contributed by atoms with E-state index in [-0.39, 0.29) is 18.6 Å². The summed E-state index contributed by atoms with van der Waals surface area (Å²) in [5.41, 5.74) is 2.16. The second kappa shape index (κ2) is 10.5. The highest BCUT2D eigenvalue weighted by atomic mass is 16.6. The summed E-state index contributed by atoms with van der Waals surface area (Å²) in [7, 11) is 1.63. The van der Waals surface area contributed by atoms with Gasteiger partial charge in [-0.15, -0.1) is 0 Å². The largest absolute Gasteiger partial charge is 0.497 e. The number of carbonyl (C=O) groups is 2. The van der Waals surface area contributed by atoms with Crippen LogP contribution in [0.1, 0.15) is 30.9 Å². The Hall–Kier alpha value is -3.75. The normalized spacial score (nSPS) is 17.2. The van der Waals surface area contributed by atoms with E-state index in [1.807, 2.05) is 43.3 Å².